The largest absolute Gasteiger partial charge is 0.150 e. The van der Waals surface area contributed by atoms with Crippen LogP contribution in [0, 0.1) is 0 Å². The van der Waals surface area contributed by atoms with Gasteiger partial charge in [-0.25, -0.2) is 0 Å². The Labute approximate surface area is 148 Å². The predicted octanol–water partition coefficient (Wildman–Crippen LogP) is 5.67. The molecule has 0 aliphatic heterocycles. The molecular weight excluding hydrogens is 318 g/mol. The van der Waals surface area contributed by atoms with Gasteiger partial charge >= 0.3 is 0 Å². The zero-order chi connectivity index (χ0) is 17.7. The Kier molecular flexibility index (Phi) is 3.95. The summed E-state index contributed by atoms with van der Waals surface area (Å²) < 4.78 is 0. The second kappa shape index (κ2) is 5.59. The third-order valence-electron chi connectivity index (χ3n) is 4.24. The van der Waals surface area contributed by atoms with Gasteiger partial charge in [-0.15, -0.1) is 10.2 Å². The Morgan fingerprint density at radius 3 is 1.92 bits per heavy atom. The second-order valence-electron chi connectivity index (χ2n) is 8.37. The van der Waals surface area contributed by atoms with Crippen LogP contribution >= 0.6 is 11.6 Å². The molecule has 1 heterocycles. The molecule has 3 aromatic rings. The molecular formula is C20H24ClN3. The molecule has 0 aliphatic carbocycles. The molecule has 0 atom stereocenters. The lowest BCUT2D eigenvalue weighted by Crippen LogP contribution is -2.17. The summed E-state index contributed by atoms with van der Waals surface area (Å²) in [6.07, 6.45) is 0. The van der Waals surface area contributed by atoms with E-state index in [1.165, 1.54) is 11.1 Å². The zero-order valence-corrected chi connectivity index (χ0v) is 15.9. The van der Waals surface area contributed by atoms with E-state index in [0.29, 0.717) is 5.02 Å². The van der Waals surface area contributed by atoms with Gasteiger partial charge in [0.05, 0.1) is 10.7 Å². The fourth-order valence-corrected chi connectivity index (χ4v) is 2.82. The van der Waals surface area contributed by atoms with Crippen molar-refractivity contribution in [3.8, 4) is 5.69 Å². The number of rotatable bonds is 1. The molecule has 0 N–H and O–H groups in total. The lowest BCUT2D eigenvalue weighted by molar-refractivity contribution is 0.566. The van der Waals surface area contributed by atoms with Crippen molar-refractivity contribution in [3.05, 3.63) is 52.5 Å². The number of hydrogen-bond donors (Lipinski definition) is 0. The van der Waals surface area contributed by atoms with Crippen molar-refractivity contribution < 1.29 is 0 Å². The number of halogens is 1. The van der Waals surface area contributed by atoms with Gasteiger partial charge < -0.3 is 0 Å². The Morgan fingerprint density at radius 2 is 1.42 bits per heavy atom. The quantitative estimate of drug-likeness (QED) is 0.571. The van der Waals surface area contributed by atoms with E-state index in [1.54, 1.807) is 4.80 Å². The van der Waals surface area contributed by atoms with E-state index >= 15 is 0 Å². The minimum atomic E-state index is 0.0558. The minimum absolute atomic E-state index is 0.0558. The van der Waals surface area contributed by atoms with Gasteiger partial charge in [0.1, 0.15) is 11.0 Å². The molecule has 0 bridgehead atoms. The summed E-state index contributed by atoms with van der Waals surface area (Å²) in [6.45, 7) is 13.3. The van der Waals surface area contributed by atoms with Crippen LogP contribution in [0.15, 0.2) is 36.4 Å². The lowest BCUT2D eigenvalue weighted by Gasteiger charge is -2.25. The standard InChI is InChI=1S/C20H24ClN3/c1-19(2,3)13-10-14(20(4,5)6)12-15(11-13)24-22-17-9-7-8-16(21)18(17)23-24/h7-12H,1-6H3. The normalized spacial score (nSPS) is 12.8. The highest BCUT2D eigenvalue weighted by molar-refractivity contribution is 6.34. The summed E-state index contributed by atoms with van der Waals surface area (Å²) in [5.41, 5.74) is 5.17. The number of aromatic nitrogens is 3. The molecule has 0 fully saturated rings. The number of fused-ring (bicyclic) bond motifs is 1. The fraction of sp³-hybridized carbons (Fsp3) is 0.400. The highest BCUT2D eigenvalue weighted by Crippen LogP contribution is 2.31. The van der Waals surface area contributed by atoms with Crippen LogP contribution in [-0.2, 0) is 10.8 Å². The zero-order valence-electron chi connectivity index (χ0n) is 15.2. The minimum Gasteiger partial charge on any atom is -0.150 e. The monoisotopic (exact) mass is 341 g/mol. The van der Waals surface area contributed by atoms with E-state index in [-0.39, 0.29) is 10.8 Å². The molecule has 126 valence electrons. The first-order valence-corrected chi connectivity index (χ1v) is 8.61. The smallest absolute Gasteiger partial charge is 0.132 e. The van der Waals surface area contributed by atoms with Crippen LogP contribution in [0.4, 0.5) is 0 Å². The van der Waals surface area contributed by atoms with E-state index in [2.05, 4.69) is 69.9 Å². The van der Waals surface area contributed by atoms with Crippen molar-refractivity contribution in [1.29, 1.82) is 0 Å². The van der Waals surface area contributed by atoms with Gasteiger partial charge in [-0.3, -0.25) is 0 Å². The molecule has 0 spiro atoms. The molecule has 0 amide bonds. The summed E-state index contributed by atoms with van der Waals surface area (Å²) in [4.78, 5) is 1.70. The van der Waals surface area contributed by atoms with E-state index in [0.717, 1.165) is 16.7 Å². The molecule has 0 saturated heterocycles. The Morgan fingerprint density at radius 1 is 0.833 bits per heavy atom. The first kappa shape index (κ1) is 17.0. The molecule has 3 nitrogen and oxygen atoms in total. The van der Waals surface area contributed by atoms with Gasteiger partial charge in [-0.05, 0) is 46.2 Å². The van der Waals surface area contributed by atoms with Crippen LogP contribution in [0.25, 0.3) is 16.7 Å². The first-order chi connectivity index (χ1) is 11.1. The highest BCUT2D eigenvalue weighted by Gasteiger charge is 2.21. The fourth-order valence-electron chi connectivity index (χ4n) is 2.61. The van der Waals surface area contributed by atoms with Crippen molar-refractivity contribution in [2.75, 3.05) is 0 Å². The first-order valence-electron chi connectivity index (χ1n) is 8.24. The summed E-state index contributed by atoms with van der Waals surface area (Å²) in [5, 5.41) is 9.84. The van der Waals surface area contributed by atoms with Crippen molar-refractivity contribution in [3.63, 3.8) is 0 Å². The van der Waals surface area contributed by atoms with Gasteiger partial charge in [-0.1, -0.05) is 65.3 Å². The topological polar surface area (TPSA) is 30.7 Å². The number of benzene rings is 2. The van der Waals surface area contributed by atoms with Crippen LogP contribution in [0.3, 0.4) is 0 Å². The maximum Gasteiger partial charge on any atom is 0.132 e. The van der Waals surface area contributed by atoms with E-state index in [9.17, 15) is 0 Å². The number of hydrogen-bond acceptors (Lipinski definition) is 2. The van der Waals surface area contributed by atoms with Crippen LogP contribution < -0.4 is 0 Å². The predicted molar refractivity (Wildman–Crippen MR) is 101 cm³/mol. The Balaban J connectivity index is 2.23. The molecule has 0 saturated carbocycles. The molecule has 24 heavy (non-hydrogen) atoms. The molecule has 1 aromatic heterocycles. The van der Waals surface area contributed by atoms with Crippen molar-refractivity contribution in [1.82, 2.24) is 15.0 Å². The molecule has 0 unspecified atom stereocenters. The molecule has 4 heteroatoms. The van der Waals surface area contributed by atoms with Crippen LogP contribution in [0.1, 0.15) is 52.7 Å². The van der Waals surface area contributed by atoms with Crippen molar-refractivity contribution >= 4 is 22.6 Å². The average molecular weight is 342 g/mol. The van der Waals surface area contributed by atoms with Gasteiger partial charge in [0.25, 0.3) is 0 Å². The summed E-state index contributed by atoms with van der Waals surface area (Å²) in [5.74, 6) is 0. The van der Waals surface area contributed by atoms with Gasteiger partial charge in [-0.2, -0.15) is 4.80 Å². The third-order valence-corrected chi connectivity index (χ3v) is 4.55. The average Bonchev–Trinajstić information content (AvgIpc) is 2.90. The summed E-state index contributed by atoms with van der Waals surface area (Å²) in [6, 6.07) is 12.3. The highest BCUT2D eigenvalue weighted by atomic mass is 35.5. The molecule has 0 radical (unpaired) electrons. The van der Waals surface area contributed by atoms with Crippen molar-refractivity contribution in [2.45, 2.75) is 52.4 Å². The maximum atomic E-state index is 6.25. The van der Waals surface area contributed by atoms with Gasteiger partial charge in [0.2, 0.25) is 0 Å². The Bertz CT molecular complexity index is 863. The van der Waals surface area contributed by atoms with E-state index < -0.39 is 0 Å². The maximum absolute atomic E-state index is 6.25. The molecule has 2 aromatic carbocycles. The van der Waals surface area contributed by atoms with Crippen LogP contribution in [0.5, 0.6) is 0 Å². The Hall–Kier alpha value is -1.87. The second-order valence-corrected chi connectivity index (χ2v) is 8.77. The molecule has 0 aliphatic rings. The number of nitrogens with zero attached hydrogens (tertiary/aromatic N) is 3. The summed E-state index contributed by atoms with van der Waals surface area (Å²) in [7, 11) is 0. The van der Waals surface area contributed by atoms with E-state index in [4.69, 9.17) is 11.6 Å². The van der Waals surface area contributed by atoms with Crippen LogP contribution in [0.2, 0.25) is 5.02 Å². The summed E-state index contributed by atoms with van der Waals surface area (Å²) >= 11 is 6.25. The van der Waals surface area contributed by atoms with Crippen LogP contribution in [-0.4, -0.2) is 15.0 Å². The van der Waals surface area contributed by atoms with Gasteiger partial charge in [0, 0.05) is 0 Å². The van der Waals surface area contributed by atoms with E-state index in [1.807, 2.05) is 18.2 Å². The third kappa shape index (κ3) is 3.18. The molecule has 3 rings (SSSR count). The lowest BCUT2D eigenvalue weighted by atomic mass is 9.80. The van der Waals surface area contributed by atoms with Crippen molar-refractivity contribution in [2.24, 2.45) is 0 Å². The van der Waals surface area contributed by atoms with Gasteiger partial charge in [0.15, 0.2) is 0 Å². The SMILES string of the molecule is CC(C)(C)c1cc(-n2nc3cccc(Cl)c3n2)cc(C(C)(C)C)c1.